The van der Waals surface area contributed by atoms with Gasteiger partial charge in [-0.15, -0.1) is 0 Å². The van der Waals surface area contributed by atoms with E-state index in [9.17, 15) is 13.2 Å². The Morgan fingerprint density at radius 3 is 2.56 bits per heavy atom. The van der Waals surface area contributed by atoms with E-state index >= 15 is 0 Å². The normalized spacial score (nSPS) is 25.8. The highest BCUT2D eigenvalue weighted by molar-refractivity contribution is 7.91. The van der Waals surface area contributed by atoms with Crippen LogP contribution in [-0.2, 0) is 14.6 Å². The average molecular weight is 249 g/mol. The monoisotopic (exact) mass is 249 g/mol. The molecule has 0 radical (unpaired) electrons. The maximum atomic E-state index is 11.4. The second kappa shape index (κ2) is 5.14. The first-order chi connectivity index (χ1) is 7.35. The van der Waals surface area contributed by atoms with Crippen LogP contribution in [0.3, 0.4) is 0 Å². The molecule has 0 amide bonds. The highest BCUT2D eigenvalue weighted by atomic mass is 32.2. The van der Waals surface area contributed by atoms with Crippen LogP contribution in [0.5, 0.6) is 0 Å². The van der Waals surface area contributed by atoms with Gasteiger partial charge in [-0.25, -0.2) is 8.42 Å². The Morgan fingerprint density at radius 1 is 1.56 bits per heavy atom. The van der Waals surface area contributed by atoms with Crippen molar-refractivity contribution in [1.29, 1.82) is 0 Å². The fraction of sp³-hybridized carbons (Fsp3) is 0.900. The minimum Gasteiger partial charge on any atom is -0.480 e. The van der Waals surface area contributed by atoms with Crippen molar-refractivity contribution >= 4 is 15.8 Å². The molecular formula is C10H19NO4S. The molecule has 1 aliphatic heterocycles. The Labute approximate surface area is 96.4 Å². The molecule has 0 aromatic heterocycles. The van der Waals surface area contributed by atoms with Gasteiger partial charge in [0.1, 0.15) is 0 Å². The third-order valence-corrected chi connectivity index (χ3v) is 4.90. The van der Waals surface area contributed by atoms with Gasteiger partial charge in [0.15, 0.2) is 9.84 Å². The molecule has 16 heavy (non-hydrogen) atoms. The van der Waals surface area contributed by atoms with Crippen LogP contribution >= 0.6 is 0 Å². The zero-order valence-corrected chi connectivity index (χ0v) is 10.5. The number of carboxylic acid groups (broad SMARTS) is 1. The Hall–Kier alpha value is -0.620. The lowest BCUT2D eigenvalue weighted by molar-refractivity contribution is -0.139. The number of rotatable bonds is 5. The molecular weight excluding hydrogens is 230 g/mol. The zero-order chi connectivity index (χ0) is 12.3. The van der Waals surface area contributed by atoms with Crippen molar-refractivity contribution in [3.8, 4) is 0 Å². The number of hydrogen-bond donors (Lipinski definition) is 1. The van der Waals surface area contributed by atoms with Crippen LogP contribution in [0, 0.1) is 0 Å². The molecule has 2 atom stereocenters. The predicted octanol–water partition coefficient (Wildman–Crippen LogP) is 0.359. The Bertz CT molecular complexity index is 352. The van der Waals surface area contributed by atoms with Crippen molar-refractivity contribution in [2.75, 3.05) is 18.1 Å². The molecule has 0 spiro atoms. The van der Waals surface area contributed by atoms with Gasteiger partial charge in [0.2, 0.25) is 0 Å². The van der Waals surface area contributed by atoms with E-state index in [-0.39, 0.29) is 30.1 Å². The minimum atomic E-state index is -2.95. The number of carbonyl (C=O) groups is 1. The van der Waals surface area contributed by atoms with Crippen LogP contribution in [0.25, 0.3) is 0 Å². The van der Waals surface area contributed by atoms with E-state index in [2.05, 4.69) is 0 Å². The molecule has 5 nitrogen and oxygen atoms in total. The van der Waals surface area contributed by atoms with E-state index in [1.807, 2.05) is 13.8 Å². The van der Waals surface area contributed by atoms with E-state index in [4.69, 9.17) is 5.11 Å². The van der Waals surface area contributed by atoms with Gasteiger partial charge in [0, 0.05) is 12.1 Å². The molecule has 0 bridgehead atoms. The summed E-state index contributed by atoms with van der Waals surface area (Å²) in [5.74, 6) is -0.612. The molecule has 1 aliphatic rings. The lowest BCUT2D eigenvalue weighted by Crippen LogP contribution is -2.45. The lowest BCUT2D eigenvalue weighted by atomic mass is 10.1. The first-order valence-electron chi connectivity index (χ1n) is 5.53. The third kappa shape index (κ3) is 3.45. The van der Waals surface area contributed by atoms with E-state index in [0.717, 1.165) is 6.42 Å². The van der Waals surface area contributed by atoms with Crippen molar-refractivity contribution in [2.45, 2.75) is 38.8 Å². The van der Waals surface area contributed by atoms with Gasteiger partial charge in [-0.3, -0.25) is 9.69 Å². The topological polar surface area (TPSA) is 74.7 Å². The molecule has 1 rings (SSSR count). The summed E-state index contributed by atoms with van der Waals surface area (Å²) in [6.45, 7) is 3.84. The zero-order valence-electron chi connectivity index (χ0n) is 9.72. The summed E-state index contributed by atoms with van der Waals surface area (Å²) >= 11 is 0. The molecule has 0 saturated carbocycles. The molecule has 0 aliphatic carbocycles. The van der Waals surface area contributed by atoms with Crippen molar-refractivity contribution in [3.05, 3.63) is 0 Å². The van der Waals surface area contributed by atoms with Crippen molar-refractivity contribution in [1.82, 2.24) is 4.90 Å². The summed E-state index contributed by atoms with van der Waals surface area (Å²) in [4.78, 5) is 12.6. The summed E-state index contributed by atoms with van der Waals surface area (Å²) in [5, 5.41) is 8.83. The summed E-state index contributed by atoms with van der Waals surface area (Å²) < 4.78 is 22.7. The molecule has 0 aromatic rings. The van der Waals surface area contributed by atoms with Gasteiger partial charge in [-0.1, -0.05) is 6.92 Å². The van der Waals surface area contributed by atoms with Gasteiger partial charge in [-0.2, -0.15) is 0 Å². The molecule has 6 heteroatoms. The smallest absolute Gasteiger partial charge is 0.317 e. The quantitative estimate of drug-likeness (QED) is 0.761. The van der Waals surface area contributed by atoms with E-state index < -0.39 is 15.8 Å². The largest absolute Gasteiger partial charge is 0.480 e. The maximum Gasteiger partial charge on any atom is 0.317 e. The van der Waals surface area contributed by atoms with Gasteiger partial charge in [0.25, 0.3) is 0 Å². The number of sulfone groups is 1. The SMILES string of the molecule is CCC(C)N(CC(=O)O)C1CCS(=O)(=O)C1. The van der Waals surface area contributed by atoms with Crippen LogP contribution < -0.4 is 0 Å². The third-order valence-electron chi connectivity index (χ3n) is 3.15. The molecule has 1 saturated heterocycles. The van der Waals surface area contributed by atoms with Crippen LogP contribution in [0.2, 0.25) is 0 Å². The Balaban J connectivity index is 2.74. The second-order valence-corrected chi connectivity index (χ2v) is 6.61. The molecule has 94 valence electrons. The summed E-state index contributed by atoms with van der Waals surface area (Å²) in [6.07, 6.45) is 1.38. The number of aliphatic carboxylic acids is 1. The average Bonchev–Trinajstić information content (AvgIpc) is 2.53. The van der Waals surface area contributed by atoms with Crippen LogP contribution in [-0.4, -0.2) is 54.5 Å². The summed E-state index contributed by atoms with van der Waals surface area (Å²) in [7, 11) is -2.95. The molecule has 1 N–H and O–H groups in total. The molecule has 0 aromatic carbocycles. The summed E-state index contributed by atoms with van der Waals surface area (Å²) in [6, 6.07) is -0.0227. The first kappa shape index (κ1) is 13.4. The first-order valence-corrected chi connectivity index (χ1v) is 7.36. The highest BCUT2D eigenvalue weighted by Gasteiger charge is 2.34. The molecule has 2 unspecified atom stereocenters. The van der Waals surface area contributed by atoms with Gasteiger partial charge >= 0.3 is 5.97 Å². The number of nitrogens with zero attached hydrogens (tertiary/aromatic N) is 1. The molecule has 1 fully saturated rings. The fourth-order valence-corrected chi connectivity index (χ4v) is 3.81. The predicted molar refractivity (Wildman–Crippen MR) is 61.2 cm³/mol. The van der Waals surface area contributed by atoms with E-state index in [1.165, 1.54) is 0 Å². The number of hydrogen-bond acceptors (Lipinski definition) is 4. The Morgan fingerprint density at radius 2 is 2.19 bits per heavy atom. The highest BCUT2D eigenvalue weighted by Crippen LogP contribution is 2.20. The van der Waals surface area contributed by atoms with Crippen molar-refractivity contribution in [3.63, 3.8) is 0 Å². The van der Waals surface area contributed by atoms with Gasteiger partial charge in [-0.05, 0) is 19.8 Å². The van der Waals surface area contributed by atoms with Crippen molar-refractivity contribution < 1.29 is 18.3 Å². The number of carboxylic acids is 1. The Kier molecular flexibility index (Phi) is 4.32. The van der Waals surface area contributed by atoms with E-state index in [1.54, 1.807) is 4.90 Å². The van der Waals surface area contributed by atoms with Gasteiger partial charge < -0.3 is 5.11 Å². The van der Waals surface area contributed by atoms with E-state index in [0.29, 0.717) is 6.42 Å². The van der Waals surface area contributed by atoms with Gasteiger partial charge in [0.05, 0.1) is 18.1 Å². The van der Waals surface area contributed by atoms with Crippen LogP contribution in [0.15, 0.2) is 0 Å². The van der Waals surface area contributed by atoms with Crippen LogP contribution in [0.4, 0.5) is 0 Å². The van der Waals surface area contributed by atoms with Crippen molar-refractivity contribution in [2.24, 2.45) is 0 Å². The lowest BCUT2D eigenvalue weighted by Gasteiger charge is -2.31. The second-order valence-electron chi connectivity index (χ2n) is 4.38. The maximum absolute atomic E-state index is 11.4. The minimum absolute atomic E-state index is 0.0742. The summed E-state index contributed by atoms with van der Waals surface area (Å²) in [5.41, 5.74) is 0. The van der Waals surface area contributed by atoms with Crippen LogP contribution in [0.1, 0.15) is 26.7 Å². The fourth-order valence-electron chi connectivity index (χ4n) is 2.07. The molecule has 1 heterocycles. The standard InChI is InChI=1S/C10H19NO4S/c1-3-8(2)11(6-10(12)13)9-4-5-16(14,15)7-9/h8-9H,3-7H2,1-2H3,(H,12,13).